The molecule has 0 saturated carbocycles. The maximum Gasteiger partial charge on any atom is 0.411 e. The number of hydrogen-bond acceptors (Lipinski definition) is 3. The summed E-state index contributed by atoms with van der Waals surface area (Å²) in [6.07, 6.45) is -0.534. The number of ether oxygens (including phenoxy) is 1. The van der Waals surface area contributed by atoms with Crippen LogP contribution in [0.15, 0.2) is 42.5 Å². The van der Waals surface area contributed by atoms with Gasteiger partial charge in [-0.1, -0.05) is 55.2 Å². The summed E-state index contributed by atoms with van der Waals surface area (Å²) < 4.78 is 5.13. The largest absolute Gasteiger partial charge is 0.449 e. The molecule has 0 bridgehead atoms. The molecular weight excluding hydrogens is 335 g/mol. The maximum absolute atomic E-state index is 11.9. The lowest BCUT2D eigenvalue weighted by atomic mass is 10.2. The first-order valence-corrected chi connectivity index (χ1v) is 7.96. The van der Waals surface area contributed by atoms with Gasteiger partial charge in [-0.3, -0.25) is 5.32 Å². The van der Waals surface area contributed by atoms with Gasteiger partial charge in [-0.2, -0.15) is 0 Å². The van der Waals surface area contributed by atoms with Crippen LogP contribution in [-0.4, -0.2) is 12.7 Å². The van der Waals surface area contributed by atoms with Crippen molar-refractivity contribution in [2.75, 3.05) is 17.2 Å². The fraction of sp³-hybridized carbons (Fsp3) is 0.235. The molecule has 6 heteroatoms. The molecule has 2 N–H and O–H groups in total. The number of hydrogen-bond donors (Lipinski definition) is 2. The van der Waals surface area contributed by atoms with E-state index in [-0.39, 0.29) is 5.92 Å². The van der Waals surface area contributed by atoms with Crippen molar-refractivity contribution in [3.63, 3.8) is 0 Å². The van der Waals surface area contributed by atoms with Gasteiger partial charge in [0.2, 0.25) is 0 Å². The van der Waals surface area contributed by atoms with E-state index < -0.39 is 6.09 Å². The summed E-state index contributed by atoms with van der Waals surface area (Å²) in [6.45, 7) is 4.28. The van der Waals surface area contributed by atoms with Crippen molar-refractivity contribution in [3.8, 4) is 0 Å². The van der Waals surface area contributed by atoms with Crippen LogP contribution in [0, 0.1) is 5.92 Å². The predicted molar refractivity (Wildman–Crippen MR) is 96.0 cm³/mol. The van der Waals surface area contributed by atoms with Crippen molar-refractivity contribution in [3.05, 3.63) is 52.5 Å². The molecule has 0 fully saturated rings. The van der Waals surface area contributed by atoms with Gasteiger partial charge in [0.25, 0.3) is 0 Å². The molecule has 0 aliphatic rings. The Morgan fingerprint density at radius 2 is 1.70 bits per heavy atom. The lowest BCUT2D eigenvalue weighted by Crippen LogP contribution is -2.17. The van der Waals surface area contributed by atoms with E-state index in [4.69, 9.17) is 27.9 Å². The number of carbonyl (C=O) groups is 1. The van der Waals surface area contributed by atoms with E-state index >= 15 is 0 Å². The first-order chi connectivity index (χ1) is 11.0. The second kappa shape index (κ2) is 8.09. The fourth-order valence-corrected chi connectivity index (χ4v) is 2.15. The van der Waals surface area contributed by atoms with Gasteiger partial charge in [-0.25, -0.2) is 4.79 Å². The molecule has 2 aromatic carbocycles. The highest BCUT2D eigenvalue weighted by molar-refractivity contribution is 6.42. The van der Waals surface area contributed by atoms with Crippen LogP contribution < -0.4 is 10.6 Å². The van der Waals surface area contributed by atoms with Crippen LogP contribution in [-0.2, 0) is 4.74 Å². The molecule has 0 aliphatic carbocycles. The average Bonchev–Trinajstić information content (AvgIpc) is 2.51. The SMILES string of the molecule is CC(C)COC(=O)Nc1cc(Cl)c(Cl)cc1Nc1ccccc1. The Morgan fingerprint density at radius 1 is 1.09 bits per heavy atom. The van der Waals surface area contributed by atoms with E-state index in [0.717, 1.165) is 5.69 Å². The fourth-order valence-electron chi connectivity index (χ4n) is 1.82. The molecule has 0 heterocycles. The van der Waals surface area contributed by atoms with Gasteiger partial charge in [0.05, 0.1) is 28.0 Å². The summed E-state index contributed by atoms with van der Waals surface area (Å²) in [7, 11) is 0. The van der Waals surface area contributed by atoms with Crippen molar-refractivity contribution in [2.24, 2.45) is 5.92 Å². The molecule has 122 valence electrons. The molecule has 0 aromatic heterocycles. The number of anilines is 3. The minimum Gasteiger partial charge on any atom is -0.449 e. The third kappa shape index (κ3) is 5.34. The van der Waals surface area contributed by atoms with Gasteiger partial charge in [0.15, 0.2) is 0 Å². The summed E-state index contributed by atoms with van der Waals surface area (Å²) in [5.74, 6) is 0.261. The molecule has 0 atom stereocenters. The Labute approximate surface area is 145 Å². The summed E-state index contributed by atoms with van der Waals surface area (Å²) >= 11 is 12.1. The molecule has 1 amide bonds. The molecule has 0 aliphatic heterocycles. The molecule has 0 radical (unpaired) electrons. The summed E-state index contributed by atoms with van der Waals surface area (Å²) in [6, 6.07) is 12.8. The lowest BCUT2D eigenvalue weighted by molar-refractivity contribution is 0.147. The van der Waals surface area contributed by atoms with Crippen LogP contribution in [0.4, 0.5) is 21.9 Å². The summed E-state index contributed by atoms with van der Waals surface area (Å²) in [5, 5.41) is 6.63. The number of benzene rings is 2. The van der Waals surface area contributed by atoms with Gasteiger partial charge in [-0.05, 0) is 30.2 Å². The Balaban J connectivity index is 2.20. The second-order valence-corrected chi connectivity index (χ2v) is 6.23. The van der Waals surface area contributed by atoms with Gasteiger partial charge in [0, 0.05) is 5.69 Å². The minimum atomic E-state index is -0.534. The number of carbonyl (C=O) groups excluding carboxylic acids is 1. The van der Waals surface area contributed by atoms with Gasteiger partial charge >= 0.3 is 6.09 Å². The van der Waals surface area contributed by atoms with E-state index in [1.807, 2.05) is 44.2 Å². The molecule has 2 aromatic rings. The van der Waals surface area contributed by atoms with E-state index in [1.54, 1.807) is 12.1 Å². The molecule has 0 unspecified atom stereocenters. The summed E-state index contributed by atoms with van der Waals surface area (Å²) in [4.78, 5) is 11.9. The number of para-hydroxylation sites is 1. The molecule has 4 nitrogen and oxygen atoms in total. The zero-order valence-corrected chi connectivity index (χ0v) is 14.4. The third-order valence-corrected chi connectivity index (χ3v) is 3.62. The number of halogens is 2. The van der Waals surface area contributed by atoms with Crippen molar-refractivity contribution >= 4 is 46.4 Å². The molecule has 0 spiro atoms. The highest BCUT2D eigenvalue weighted by Gasteiger charge is 2.12. The Kier molecular flexibility index (Phi) is 6.13. The molecule has 2 rings (SSSR count). The first-order valence-electron chi connectivity index (χ1n) is 7.20. The quantitative estimate of drug-likeness (QED) is 0.699. The van der Waals surface area contributed by atoms with Crippen molar-refractivity contribution in [2.45, 2.75) is 13.8 Å². The van der Waals surface area contributed by atoms with Crippen molar-refractivity contribution in [1.29, 1.82) is 0 Å². The highest BCUT2D eigenvalue weighted by Crippen LogP contribution is 2.34. The van der Waals surface area contributed by atoms with Crippen molar-refractivity contribution in [1.82, 2.24) is 0 Å². The highest BCUT2D eigenvalue weighted by atomic mass is 35.5. The normalized spacial score (nSPS) is 10.5. The van der Waals surface area contributed by atoms with Crippen molar-refractivity contribution < 1.29 is 9.53 Å². The van der Waals surface area contributed by atoms with E-state index in [2.05, 4.69) is 10.6 Å². The van der Waals surface area contributed by atoms with Crippen LogP contribution in [0.2, 0.25) is 10.0 Å². The van der Waals surface area contributed by atoms with E-state index in [9.17, 15) is 4.79 Å². The molecule has 0 saturated heterocycles. The van der Waals surface area contributed by atoms with E-state index in [0.29, 0.717) is 28.0 Å². The van der Waals surface area contributed by atoms with Crippen LogP contribution in [0.5, 0.6) is 0 Å². The average molecular weight is 353 g/mol. The monoisotopic (exact) mass is 352 g/mol. The molecule has 23 heavy (non-hydrogen) atoms. The van der Waals surface area contributed by atoms with E-state index in [1.165, 1.54) is 0 Å². The predicted octanol–water partition coefficient (Wildman–Crippen LogP) is 5.94. The summed E-state index contributed by atoms with van der Waals surface area (Å²) in [5.41, 5.74) is 1.99. The van der Waals surface area contributed by atoms with Crippen LogP contribution in [0.1, 0.15) is 13.8 Å². The smallest absolute Gasteiger partial charge is 0.411 e. The van der Waals surface area contributed by atoms with Gasteiger partial charge < -0.3 is 10.1 Å². The van der Waals surface area contributed by atoms with Gasteiger partial charge in [0.1, 0.15) is 0 Å². The van der Waals surface area contributed by atoms with Gasteiger partial charge in [-0.15, -0.1) is 0 Å². The standard InChI is InChI=1S/C17H18Cl2N2O2/c1-11(2)10-23-17(22)21-16-9-14(19)13(18)8-15(16)20-12-6-4-3-5-7-12/h3-9,11,20H,10H2,1-2H3,(H,21,22). The first kappa shape index (κ1) is 17.4. The zero-order chi connectivity index (χ0) is 16.8. The number of rotatable bonds is 5. The topological polar surface area (TPSA) is 50.4 Å². The zero-order valence-electron chi connectivity index (χ0n) is 12.9. The lowest BCUT2D eigenvalue weighted by Gasteiger charge is -2.15. The number of nitrogens with one attached hydrogen (secondary N) is 2. The maximum atomic E-state index is 11.9. The Bertz CT molecular complexity index is 676. The number of amides is 1. The molecular formula is C17H18Cl2N2O2. The minimum absolute atomic E-state index is 0.261. The van der Waals surface area contributed by atoms with Crippen LogP contribution >= 0.6 is 23.2 Å². The third-order valence-electron chi connectivity index (χ3n) is 2.90. The second-order valence-electron chi connectivity index (χ2n) is 5.42. The van der Waals surface area contributed by atoms with Crippen LogP contribution in [0.3, 0.4) is 0 Å². The Morgan fingerprint density at radius 3 is 2.30 bits per heavy atom. The van der Waals surface area contributed by atoms with Crippen LogP contribution in [0.25, 0.3) is 0 Å². The Hall–Kier alpha value is -1.91.